The van der Waals surface area contributed by atoms with Gasteiger partial charge in [0.15, 0.2) is 0 Å². The molecule has 0 aliphatic carbocycles. The van der Waals surface area contributed by atoms with Gasteiger partial charge in [-0.1, -0.05) is 12.1 Å². The number of nitrogens with two attached hydrogens (primary N) is 1. The largest absolute Gasteiger partial charge is 0.392 e. The number of hydrogen-bond acceptors (Lipinski definition) is 7. The third kappa shape index (κ3) is 8.08. The van der Waals surface area contributed by atoms with Gasteiger partial charge in [0.05, 0.1) is 6.61 Å². The van der Waals surface area contributed by atoms with Gasteiger partial charge in [0.2, 0.25) is 5.91 Å². The van der Waals surface area contributed by atoms with E-state index >= 15 is 0 Å². The summed E-state index contributed by atoms with van der Waals surface area (Å²) in [6.07, 6.45) is 3.64. The Balaban J connectivity index is 2.02. The minimum absolute atomic E-state index is 0.00659. The molecule has 1 saturated heterocycles. The number of anilines is 1. The van der Waals surface area contributed by atoms with Crippen molar-refractivity contribution in [3.8, 4) is 0 Å². The molecule has 0 spiro atoms. The maximum absolute atomic E-state index is 12.4. The summed E-state index contributed by atoms with van der Waals surface area (Å²) in [6.45, 7) is 7.92. The fraction of sp³-hybridized carbons (Fsp3) is 0.545. The van der Waals surface area contributed by atoms with E-state index in [0.717, 1.165) is 30.6 Å². The summed E-state index contributed by atoms with van der Waals surface area (Å²) in [5.41, 5.74) is 8.27. The molecule has 1 aromatic carbocycles. The molecule has 172 valence electrons. The molecule has 0 radical (unpaired) electrons. The number of rotatable bonds is 12. The fourth-order valence-electron chi connectivity index (χ4n) is 3.36. The number of methoxy groups -OCH3 is 1. The molecule has 2 rings (SSSR count). The van der Waals surface area contributed by atoms with Gasteiger partial charge >= 0.3 is 0 Å². The molecule has 0 saturated carbocycles. The van der Waals surface area contributed by atoms with Crippen LogP contribution in [0.1, 0.15) is 32.3 Å². The highest BCUT2D eigenvalue weighted by atomic mass is 32.2. The Morgan fingerprint density at radius 1 is 1.23 bits per heavy atom. The second-order valence-electron chi connectivity index (χ2n) is 7.43. The molecule has 9 heteroatoms. The summed E-state index contributed by atoms with van der Waals surface area (Å²) < 4.78 is 8.16. The third-order valence-corrected chi connectivity index (χ3v) is 6.11. The lowest BCUT2D eigenvalue weighted by atomic mass is 10.1. The Hall–Kier alpha value is -2.23. The molecule has 0 unspecified atom stereocenters. The van der Waals surface area contributed by atoms with Gasteiger partial charge in [0.25, 0.3) is 5.91 Å². The average Bonchev–Trinajstić information content (AvgIpc) is 3.29. The monoisotopic (exact) mass is 449 g/mol. The van der Waals surface area contributed by atoms with E-state index in [9.17, 15) is 9.59 Å². The van der Waals surface area contributed by atoms with Crippen LogP contribution in [0, 0.1) is 0 Å². The van der Waals surface area contributed by atoms with Crippen LogP contribution >= 0.6 is 11.9 Å². The molecule has 1 heterocycles. The SMILES string of the molecule is CCN(C(C)=O)/C(SNc1ccc(CCN2CCCC2)cc1)=C(\N)C(=O)NCCOC. The van der Waals surface area contributed by atoms with E-state index < -0.39 is 5.91 Å². The molecule has 8 nitrogen and oxygen atoms in total. The first kappa shape index (κ1) is 25.0. The minimum atomic E-state index is -0.432. The van der Waals surface area contributed by atoms with E-state index in [4.69, 9.17) is 10.5 Å². The van der Waals surface area contributed by atoms with Crippen molar-refractivity contribution in [1.29, 1.82) is 0 Å². The number of carbonyl (C=O) groups excluding carboxylic acids is 2. The van der Waals surface area contributed by atoms with Crippen molar-refractivity contribution in [2.75, 3.05) is 51.2 Å². The number of carbonyl (C=O) groups is 2. The number of amides is 2. The Morgan fingerprint density at radius 2 is 1.90 bits per heavy atom. The zero-order chi connectivity index (χ0) is 22.6. The molecular weight excluding hydrogens is 414 g/mol. The van der Waals surface area contributed by atoms with Crippen molar-refractivity contribution in [3.05, 3.63) is 40.6 Å². The van der Waals surface area contributed by atoms with Crippen molar-refractivity contribution < 1.29 is 14.3 Å². The molecule has 1 aliphatic rings. The first-order valence-corrected chi connectivity index (χ1v) is 11.6. The van der Waals surface area contributed by atoms with Gasteiger partial charge in [-0.3, -0.25) is 9.59 Å². The van der Waals surface area contributed by atoms with Crippen LogP contribution < -0.4 is 15.8 Å². The smallest absolute Gasteiger partial charge is 0.270 e. The Kier molecular flexibility index (Phi) is 10.7. The molecule has 1 aromatic rings. The summed E-state index contributed by atoms with van der Waals surface area (Å²) in [5.74, 6) is -0.616. The number of likely N-dealkylation sites (tertiary alicyclic amines) is 1. The Labute approximate surface area is 189 Å². The number of nitrogens with one attached hydrogen (secondary N) is 2. The molecule has 0 aromatic heterocycles. The number of hydrogen-bond donors (Lipinski definition) is 3. The zero-order valence-electron chi connectivity index (χ0n) is 18.8. The standard InChI is InChI=1S/C22H35N5O3S/c1-4-27(17(2)28)22(20(23)21(29)24-12-16-30-3)31-25-19-9-7-18(8-10-19)11-15-26-13-5-6-14-26/h7-10,25H,4-6,11-16,23H2,1-3H3,(H,24,29)/b22-20+. The summed E-state index contributed by atoms with van der Waals surface area (Å²) >= 11 is 1.16. The van der Waals surface area contributed by atoms with Crippen molar-refractivity contribution >= 4 is 29.4 Å². The molecule has 1 fully saturated rings. The zero-order valence-corrected chi connectivity index (χ0v) is 19.6. The minimum Gasteiger partial charge on any atom is -0.392 e. The van der Waals surface area contributed by atoms with Crippen LogP contribution in [0.4, 0.5) is 5.69 Å². The first-order chi connectivity index (χ1) is 15.0. The van der Waals surface area contributed by atoms with Crippen molar-refractivity contribution in [2.45, 2.75) is 33.1 Å². The van der Waals surface area contributed by atoms with Crippen LogP contribution in [0.5, 0.6) is 0 Å². The highest BCUT2D eigenvalue weighted by Crippen LogP contribution is 2.25. The summed E-state index contributed by atoms with van der Waals surface area (Å²) in [7, 11) is 1.56. The number of nitrogens with zero attached hydrogens (tertiary/aromatic N) is 2. The average molecular weight is 450 g/mol. The second-order valence-corrected chi connectivity index (χ2v) is 8.23. The maximum atomic E-state index is 12.4. The fourth-order valence-corrected chi connectivity index (χ4v) is 4.28. The van der Waals surface area contributed by atoms with Gasteiger partial charge in [-0.25, -0.2) is 0 Å². The predicted molar refractivity (Wildman–Crippen MR) is 126 cm³/mol. The highest BCUT2D eigenvalue weighted by Gasteiger charge is 2.21. The van der Waals surface area contributed by atoms with E-state index in [1.165, 1.54) is 43.3 Å². The van der Waals surface area contributed by atoms with E-state index in [-0.39, 0.29) is 11.6 Å². The van der Waals surface area contributed by atoms with Crippen molar-refractivity contribution in [3.63, 3.8) is 0 Å². The van der Waals surface area contributed by atoms with Crippen molar-refractivity contribution in [1.82, 2.24) is 15.1 Å². The maximum Gasteiger partial charge on any atom is 0.270 e. The van der Waals surface area contributed by atoms with Gasteiger partial charge in [0.1, 0.15) is 10.7 Å². The normalized spacial score (nSPS) is 14.8. The second kappa shape index (κ2) is 13.2. The Morgan fingerprint density at radius 3 is 2.48 bits per heavy atom. The quantitative estimate of drug-likeness (QED) is 0.255. The lowest BCUT2D eigenvalue weighted by Gasteiger charge is -2.24. The molecular formula is C22H35N5O3S. The highest BCUT2D eigenvalue weighted by molar-refractivity contribution is 8.04. The van der Waals surface area contributed by atoms with E-state index in [1.807, 2.05) is 19.1 Å². The lowest BCUT2D eigenvalue weighted by Crippen LogP contribution is -2.36. The Bertz CT molecular complexity index is 748. The molecule has 2 amide bonds. The van der Waals surface area contributed by atoms with E-state index in [1.54, 1.807) is 7.11 Å². The third-order valence-electron chi connectivity index (χ3n) is 5.14. The number of benzene rings is 1. The molecule has 4 N–H and O–H groups in total. The predicted octanol–water partition coefficient (Wildman–Crippen LogP) is 2.14. The number of ether oxygens (including phenoxy) is 1. The van der Waals surface area contributed by atoms with Gasteiger partial charge in [-0.15, -0.1) is 0 Å². The summed E-state index contributed by atoms with van der Waals surface area (Å²) in [5, 5.41) is 3.07. The van der Waals surface area contributed by atoms with E-state index in [2.05, 4.69) is 27.1 Å². The molecule has 31 heavy (non-hydrogen) atoms. The molecule has 1 aliphatic heterocycles. The lowest BCUT2D eigenvalue weighted by molar-refractivity contribution is -0.126. The van der Waals surface area contributed by atoms with Crippen molar-refractivity contribution in [2.24, 2.45) is 5.73 Å². The van der Waals surface area contributed by atoms with Crippen LogP contribution in [0.3, 0.4) is 0 Å². The van der Waals surface area contributed by atoms with Crippen LogP contribution in [-0.2, 0) is 20.7 Å². The molecule has 0 bridgehead atoms. The summed E-state index contributed by atoms with van der Waals surface area (Å²) in [4.78, 5) is 28.5. The summed E-state index contributed by atoms with van der Waals surface area (Å²) in [6, 6.07) is 8.21. The first-order valence-electron chi connectivity index (χ1n) is 10.7. The van der Waals surface area contributed by atoms with Gasteiger partial charge < -0.3 is 30.3 Å². The van der Waals surface area contributed by atoms with Gasteiger partial charge in [-0.05, 0) is 57.0 Å². The van der Waals surface area contributed by atoms with Gasteiger partial charge in [0, 0.05) is 51.3 Å². The van der Waals surface area contributed by atoms with Gasteiger partial charge in [-0.2, -0.15) is 0 Å². The van der Waals surface area contributed by atoms with Crippen LogP contribution in [0.2, 0.25) is 0 Å². The topological polar surface area (TPSA) is 99.9 Å². The molecule has 0 atom stereocenters. The van der Waals surface area contributed by atoms with Crippen LogP contribution in [0.25, 0.3) is 0 Å². The van der Waals surface area contributed by atoms with Crippen LogP contribution in [-0.4, -0.2) is 68.1 Å². The van der Waals surface area contributed by atoms with Crippen LogP contribution in [0.15, 0.2) is 35.0 Å². The van der Waals surface area contributed by atoms with E-state index in [0.29, 0.717) is 24.7 Å².